The highest BCUT2D eigenvalue weighted by molar-refractivity contribution is 7.80. The summed E-state index contributed by atoms with van der Waals surface area (Å²) >= 11 is 5.31. The van der Waals surface area contributed by atoms with E-state index in [4.69, 9.17) is 12.2 Å². The molecule has 0 aliphatic heterocycles. The van der Waals surface area contributed by atoms with Crippen molar-refractivity contribution in [1.29, 1.82) is 0 Å². The molecule has 2 rings (SSSR count). The highest BCUT2D eigenvalue weighted by Gasteiger charge is 2.00. The van der Waals surface area contributed by atoms with Crippen molar-refractivity contribution < 1.29 is 4.90 Å². The molecule has 3 nitrogen and oxygen atoms in total. The lowest BCUT2D eigenvalue weighted by molar-refractivity contribution is -0.872. The molecule has 22 heavy (non-hydrogen) atoms. The molecule has 4 heteroatoms. The summed E-state index contributed by atoms with van der Waals surface area (Å²) in [5.74, 6) is 0. The molecule has 2 aromatic rings. The number of hydrogen-bond acceptors (Lipinski definition) is 1. The molecular weight excluding hydrogens is 290 g/mol. The fraction of sp³-hybridized carbons (Fsp3) is 0.278. The predicted molar refractivity (Wildman–Crippen MR) is 95.7 cm³/mol. The molecule has 0 saturated heterocycles. The monoisotopic (exact) mass is 314 g/mol. The van der Waals surface area contributed by atoms with Crippen molar-refractivity contribution in [2.75, 3.05) is 14.1 Å². The van der Waals surface area contributed by atoms with Crippen molar-refractivity contribution in [3.8, 4) is 0 Å². The Balaban J connectivity index is 1.74. The molecule has 0 saturated carbocycles. The van der Waals surface area contributed by atoms with Gasteiger partial charge in [-0.25, -0.2) is 0 Å². The Hall–Kier alpha value is -1.91. The predicted octanol–water partition coefficient (Wildman–Crippen LogP) is 1.50. The van der Waals surface area contributed by atoms with Crippen LogP contribution in [0.4, 0.5) is 0 Å². The molecule has 0 bridgehead atoms. The van der Waals surface area contributed by atoms with Gasteiger partial charge in [0, 0.05) is 18.7 Å². The van der Waals surface area contributed by atoms with Gasteiger partial charge in [0.2, 0.25) is 0 Å². The van der Waals surface area contributed by atoms with Gasteiger partial charge in [0.1, 0.15) is 6.54 Å². The topological polar surface area (TPSA) is 28.5 Å². The maximum absolute atomic E-state index is 5.31. The maximum Gasteiger partial charge on any atom is 0.166 e. The summed E-state index contributed by atoms with van der Waals surface area (Å²) in [6.45, 7) is 2.54. The highest BCUT2D eigenvalue weighted by atomic mass is 32.1. The molecule has 0 atom stereocenters. The first kappa shape index (κ1) is 16.5. The zero-order valence-corrected chi connectivity index (χ0v) is 14.0. The molecule has 0 amide bonds. The molecule has 2 aromatic carbocycles. The van der Waals surface area contributed by atoms with Crippen LogP contribution in [0.2, 0.25) is 0 Å². The summed E-state index contributed by atoms with van der Waals surface area (Å²) in [5, 5.41) is 7.15. The third-order valence-electron chi connectivity index (χ3n) is 3.33. The highest BCUT2D eigenvalue weighted by Crippen LogP contribution is 2.03. The van der Waals surface area contributed by atoms with Gasteiger partial charge in [-0.1, -0.05) is 54.6 Å². The van der Waals surface area contributed by atoms with Gasteiger partial charge in [-0.15, -0.1) is 0 Å². The standard InChI is InChI=1S/C18H23N3S/c1-21(2)14-17-10-8-16(9-11-17)13-20-18(22)19-12-15-6-4-3-5-7-15/h3-11H,12-14H2,1-2H3,(H2,19,20,22)/p+1. The van der Waals surface area contributed by atoms with Crippen LogP contribution < -0.4 is 15.5 Å². The van der Waals surface area contributed by atoms with Crippen LogP contribution in [0.15, 0.2) is 54.6 Å². The van der Waals surface area contributed by atoms with Crippen LogP contribution in [0.3, 0.4) is 0 Å². The lowest BCUT2D eigenvalue weighted by Crippen LogP contribution is -3.04. The lowest BCUT2D eigenvalue weighted by Gasteiger charge is -2.11. The van der Waals surface area contributed by atoms with Crippen LogP contribution in [-0.4, -0.2) is 19.2 Å². The minimum atomic E-state index is 0.686. The van der Waals surface area contributed by atoms with Crippen LogP contribution in [0.25, 0.3) is 0 Å². The van der Waals surface area contributed by atoms with Crippen LogP contribution in [0.1, 0.15) is 16.7 Å². The summed E-state index contributed by atoms with van der Waals surface area (Å²) in [6.07, 6.45) is 0. The van der Waals surface area contributed by atoms with Gasteiger partial charge in [-0.2, -0.15) is 0 Å². The van der Waals surface area contributed by atoms with E-state index in [9.17, 15) is 0 Å². The van der Waals surface area contributed by atoms with E-state index in [0.29, 0.717) is 5.11 Å². The van der Waals surface area contributed by atoms with Crippen molar-refractivity contribution >= 4 is 17.3 Å². The Labute approximate surface area is 138 Å². The molecule has 0 heterocycles. The van der Waals surface area contributed by atoms with E-state index < -0.39 is 0 Å². The second-order valence-corrected chi connectivity index (χ2v) is 6.13. The van der Waals surface area contributed by atoms with E-state index in [2.05, 4.69) is 61.1 Å². The van der Waals surface area contributed by atoms with Crippen LogP contribution in [-0.2, 0) is 19.6 Å². The van der Waals surface area contributed by atoms with Crippen molar-refractivity contribution in [2.24, 2.45) is 0 Å². The molecule has 0 spiro atoms. The van der Waals surface area contributed by atoms with Crippen molar-refractivity contribution in [3.63, 3.8) is 0 Å². The summed E-state index contributed by atoms with van der Waals surface area (Å²) in [7, 11) is 4.32. The molecule has 0 aliphatic rings. The van der Waals surface area contributed by atoms with Gasteiger partial charge in [0.15, 0.2) is 5.11 Å². The number of quaternary nitrogens is 1. The average Bonchev–Trinajstić information content (AvgIpc) is 2.53. The quantitative estimate of drug-likeness (QED) is 0.706. The Kier molecular flexibility index (Phi) is 6.37. The Bertz CT molecular complexity index is 579. The minimum Gasteiger partial charge on any atom is -0.359 e. The van der Waals surface area contributed by atoms with E-state index in [0.717, 1.165) is 19.6 Å². The van der Waals surface area contributed by atoms with Crippen molar-refractivity contribution in [1.82, 2.24) is 10.6 Å². The van der Waals surface area contributed by atoms with Gasteiger partial charge in [-0.3, -0.25) is 0 Å². The van der Waals surface area contributed by atoms with Gasteiger partial charge >= 0.3 is 0 Å². The SMILES string of the molecule is C[NH+](C)Cc1ccc(CNC(=S)NCc2ccccc2)cc1. The summed E-state index contributed by atoms with van der Waals surface area (Å²) < 4.78 is 0. The Morgan fingerprint density at radius 1 is 0.818 bits per heavy atom. The molecule has 0 unspecified atom stereocenters. The van der Waals surface area contributed by atoms with Gasteiger partial charge in [0.25, 0.3) is 0 Å². The van der Waals surface area contributed by atoms with Gasteiger partial charge in [0.05, 0.1) is 14.1 Å². The largest absolute Gasteiger partial charge is 0.359 e. The smallest absolute Gasteiger partial charge is 0.166 e. The first-order chi connectivity index (χ1) is 10.6. The minimum absolute atomic E-state index is 0.686. The Morgan fingerprint density at radius 3 is 1.86 bits per heavy atom. The van der Waals surface area contributed by atoms with E-state index in [1.165, 1.54) is 21.6 Å². The molecular formula is C18H24N3S+. The van der Waals surface area contributed by atoms with Crippen molar-refractivity contribution in [3.05, 3.63) is 71.3 Å². The average molecular weight is 314 g/mol. The number of hydrogen-bond donors (Lipinski definition) is 3. The van der Waals surface area contributed by atoms with Crippen LogP contribution in [0.5, 0.6) is 0 Å². The summed E-state index contributed by atoms with van der Waals surface area (Å²) in [5.41, 5.74) is 3.82. The normalized spacial score (nSPS) is 10.5. The fourth-order valence-corrected chi connectivity index (χ4v) is 2.35. The Morgan fingerprint density at radius 2 is 1.32 bits per heavy atom. The molecule has 0 aromatic heterocycles. The van der Waals surface area contributed by atoms with Crippen LogP contribution in [0, 0.1) is 0 Å². The second kappa shape index (κ2) is 8.51. The molecule has 0 aliphatic carbocycles. The van der Waals surface area contributed by atoms with E-state index in [1.54, 1.807) is 0 Å². The lowest BCUT2D eigenvalue weighted by atomic mass is 10.1. The summed E-state index contributed by atoms with van der Waals surface area (Å²) in [4.78, 5) is 1.43. The number of rotatable bonds is 6. The van der Waals surface area contributed by atoms with E-state index in [1.807, 2.05) is 18.2 Å². The third kappa shape index (κ3) is 5.84. The van der Waals surface area contributed by atoms with Crippen molar-refractivity contribution in [2.45, 2.75) is 19.6 Å². The number of benzene rings is 2. The first-order valence-electron chi connectivity index (χ1n) is 7.56. The third-order valence-corrected chi connectivity index (χ3v) is 3.62. The zero-order valence-electron chi connectivity index (χ0n) is 13.2. The zero-order chi connectivity index (χ0) is 15.8. The maximum atomic E-state index is 5.31. The summed E-state index contributed by atoms with van der Waals surface area (Å²) in [6, 6.07) is 18.9. The van der Waals surface area contributed by atoms with Gasteiger partial charge in [-0.05, 0) is 23.3 Å². The number of thiocarbonyl (C=S) groups is 1. The number of nitrogens with one attached hydrogen (secondary N) is 3. The van der Waals surface area contributed by atoms with E-state index in [-0.39, 0.29) is 0 Å². The molecule has 3 N–H and O–H groups in total. The van der Waals surface area contributed by atoms with E-state index >= 15 is 0 Å². The molecule has 0 fully saturated rings. The second-order valence-electron chi connectivity index (χ2n) is 5.72. The first-order valence-corrected chi connectivity index (χ1v) is 7.97. The molecule has 116 valence electrons. The fourth-order valence-electron chi connectivity index (χ4n) is 2.21. The molecule has 0 radical (unpaired) electrons. The van der Waals surface area contributed by atoms with Gasteiger partial charge < -0.3 is 15.5 Å². The van der Waals surface area contributed by atoms with Crippen LogP contribution >= 0.6 is 12.2 Å².